The van der Waals surface area contributed by atoms with Crippen LogP contribution in [0.3, 0.4) is 0 Å². The Morgan fingerprint density at radius 2 is 1.93 bits per heavy atom. The number of aryl methyl sites for hydroxylation is 1. The molecule has 0 amide bonds. The van der Waals surface area contributed by atoms with Crippen LogP contribution in [-0.2, 0) is 18.3 Å². The Labute approximate surface area is 235 Å². The first-order valence-corrected chi connectivity index (χ1v) is 13.3. The molecular formula is C29H30F2N8O2. The van der Waals surface area contributed by atoms with E-state index in [4.69, 9.17) is 9.47 Å². The minimum Gasteiger partial charge on any atom is -0.492 e. The second-order valence-electron chi connectivity index (χ2n) is 10.0. The van der Waals surface area contributed by atoms with Gasteiger partial charge >= 0.3 is 0 Å². The SMILES string of the molecule is Cn1cc(-c2ccc(CNc3cc(-c4cnc5cc(OCCN6CCOCC(F)(F)C6)ccn45)ncn3)cc2)cn1. The molecule has 1 N–H and O–H groups in total. The number of pyridine rings is 1. The van der Waals surface area contributed by atoms with Gasteiger partial charge in [0.2, 0.25) is 0 Å². The molecule has 5 heterocycles. The molecule has 5 aromatic rings. The van der Waals surface area contributed by atoms with Gasteiger partial charge in [0, 0.05) is 56.8 Å². The van der Waals surface area contributed by atoms with Crippen LogP contribution in [0.15, 0.2) is 73.6 Å². The molecule has 0 saturated carbocycles. The average Bonchev–Trinajstić information content (AvgIpc) is 3.56. The second-order valence-corrected chi connectivity index (χ2v) is 10.0. The number of ether oxygens (including phenoxy) is 2. The largest absolute Gasteiger partial charge is 0.492 e. The summed E-state index contributed by atoms with van der Waals surface area (Å²) in [5, 5.41) is 7.60. The monoisotopic (exact) mass is 560 g/mol. The molecule has 1 aliphatic rings. The Morgan fingerprint density at radius 1 is 1.05 bits per heavy atom. The van der Waals surface area contributed by atoms with E-state index in [2.05, 4.69) is 49.6 Å². The van der Waals surface area contributed by atoms with Gasteiger partial charge in [-0.3, -0.25) is 14.0 Å². The van der Waals surface area contributed by atoms with Gasteiger partial charge in [0.25, 0.3) is 5.92 Å². The summed E-state index contributed by atoms with van der Waals surface area (Å²) in [5.74, 6) is -1.53. The van der Waals surface area contributed by atoms with Crippen molar-refractivity contribution in [2.75, 3.05) is 44.8 Å². The van der Waals surface area contributed by atoms with Crippen LogP contribution < -0.4 is 10.1 Å². The number of alkyl halides is 2. The molecule has 0 bridgehead atoms. The van der Waals surface area contributed by atoms with E-state index in [1.807, 2.05) is 48.2 Å². The highest BCUT2D eigenvalue weighted by Gasteiger charge is 2.34. The molecule has 1 fully saturated rings. The normalized spacial score (nSPS) is 15.6. The predicted molar refractivity (Wildman–Crippen MR) is 150 cm³/mol. The maximum atomic E-state index is 13.8. The van der Waals surface area contributed by atoms with Crippen molar-refractivity contribution >= 4 is 11.5 Å². The van der Waals surface area contributed by atoms with E-state index in [1.165, 1.54) is 6.33 Å². The fourth-order valence-corrected chi connectivity index (χ4v) is 4.76. The lowest BCUT2D eigenvalue weighted by molar-refractivity contribution is -0.0688. The lowest BCUT2D eigenvalue weighted by atomic mass is 10.1. The van der Waals surface area contributed by atoms with Crippen LogP contribution >= 0.6 is 0 Å². The van der Waals surface area contributed by atoms with Crippen molar-refractivity contribution in [1.29, 1.82) is 0 Å². The fourth-order valence-electron chi connectivity index (χ4n) is 4.76. The number of rotatable bonds is 9. The van der Waals surface area contributed by atoms with Gasteiger partial charge in [0.05, 0.1) is 36.9 Å². The van der Waals surface area contributed by atoms with Crippen LogP contribution in [0.4, 0.5) is 14.6 Å². The molecule has 0 spiro atoms. The molecule has 0 radical (unpaired) electrons. The number of hydrogen-bond donors (Lipinski definition) is 1. The van der Waals surface area contributed by atoms with Crippen LogP contribution in [-0.4, -0.2) is 79.4 Å². The topological polar surface area (TPSA) is 94.6 Å². The zero-order valence-electron chi connectivity index (χ0n) is 22.6. The maximum Gasteiger partial charge on any atom is 0.283 e. The summed E-state index contributed by atoms with van der Waals surface area (Å²) in [6.45, 7) is 1.16. The molecule has 4 aromatic heterocycles. The summed E-state index contributed by atoms with van der Waals surface area (Å²) >= 11 is 0. The van der Waals surface area contributed by atoms with Gasteiger partial charge in [0.1, 0.15) is 36.8 Å². The van der Waals surface area contributed by atoms with Gasteiger partial charge < -0.3 is 14.8 Å². The lowest BCUT2D eigenvalue weighted by Crippen LogP contribution is -2.39. The number of nitrogens with one attached hydrogen (secondary N) is 1. The zero-order chi connectivity index (χ0) is 28.2. The third kappa shape index (κ3) is 6.50. The van der Waals surface area contributed by atoms with Crippen molar-refractivity contribution in [3.63, 3.8) is 0 Å². The highest BCUT2D eigenvalue weighted by atomic mass is 19.3. The van der Waals surface area contributed by atoms with Gasteiger partial charge in [-0.2, -0.15) is 5.10 Å². The minimum atomic E-state index is -2.84. The van der Waals surface area contributed by atoms with Crippen LogP contribution in [0.5, 0.6) is 5.75 Å². The summed E-state index contributed by atoms with van der Waals surface area (Å²) in [6.07, 6.45) is 8.98. The lowest BCUT2D eigenvalue weighted by Gasteiger charge is -2.22. The number of benzene rings is 1. The van der Waals surface area contributed by atoms with E-state index >= 15 is 0 Å². The highest BCUT2D eigenvalue weighted by Crippen LogP contribution is 2.24. The summed E-state index contributed by atoms with van der Waals surface area (Å²) in [5.41, 5.74) is 5.54. The molecule has 10 nitrogen and oxygen atoms in total. The van der Waals surface area contributed by atoms with Crippen LogP contribution in [0.1, 0.15) is 5.56 Å². The maximum absolute atomic E-state index is 13.8. The average molecular weight is 561 g/mol. The van der Waals surface area contributed by atoms with Gasteiger partial charge in [-0.25, -0.2) is 23.7 Å². The van der Waals surface area contributed by atoms with Gasteiger partial charge in [0.15, 0.2) is 0 Å². The molecule has 41 heavy (non-hydrogen) atoms. The summed E-state index contributed by atoms with van der Waals surface area (Å²) in [7, 11) is 1.90. The second kappa shape index (κ2) is 11.6. The zero-order valence-corrected chi connectivity index (χ0v) is 22.6. The number of hydrogen-bond acceptors (Lipinski definition) is 8. The molecule has 6 rings (SSSR count). The van der Waals surface area contributed by atoms with Gasteiger partial charge in [-0.1, -0.05) is 24.3 Å². The third-order valence-corrected chi connectivity index (χ3v) is 6.88. The first-order valence-electron chi connectivity index (χ1n) is 13.3. The number of imidazole rings is 1. The number of fused-ring (bicyclic) bond motifs is 1. The molecule has 212 valence electrons. The van der Waals surface area contributed by atoms with Crippen molar-refractivity contribution in [2.45, 2.75) is 12.5 Å². The van der Waals surface area contributed by atoms with Crippen molar-refractivity contribution in [3.8, 4) is 28.3 Å². The van der Waals surface area contributed by atoms with Crippen LogP contribution in [0.2, 0.25) is 0 Å². The van der Waals surface area contributed by atoms with E-state index in [9.17, 15) is 8.78 Å². The Balaban J connectivity index is 1.07. The quantitative estimate of drug-likeness (QED) is 0.287. The number of aromatic nitrogens is 6. The van der Waals surface area contributed by atoms with Crippen LogP contribution in [0, 0.1) is 0 Å². The number of nitrogens with zero attached hydrogens (tertiary/aromatic N) is 7. The molecule has 1 saturated heterocycles. The molecule has 0 atom stereocenters. The minimum absolute atomic E-state index is 0.285. The van der Waals surface area contributed by atoms with E-state index < -0.39 is 12.5 Å². The molecule has 1 aliphatic heterocycles. The van der Waals surface area contributed by atoms with Crippen molar-refractivity contribution in [3.05, 3.63) is 79.1 Å². The molecular weight excluding hydrogens is 530 g/mol. The Bertz CT molecular complexity index is 1620. The van der Waals surface area contributed by atoms with E-state index in [-0.39, 0.29) is 13.2 Å². The van der Waals surface area contributed by atoms with Crippen LogP contribution in [0.25, 0.3) is 28.2 Å². The van der Waals surface area contributed by atoms with E-state index in [0.717, 1.165) is 28.1 Å². The highest BCUT2D eigenvalue weighted by molar-refractivity contribution is 5.64. The van der Waals surface area contributed by atoms with Gasteiger partial charge in [-0.15, -0.1) is 0 Å². The smallest absolute Gasteiger partial charge is 0.283 e. The predicted octanol–water partition coefficient (Wildman–Crippen LogP) is 4.15. The summed E-state index contributed by atoms with van der Waals surface area (Å²) in [6, 6.07) is 13.9. The Hall–Kier alpha value is -4.42. The number of anilines is 1. The van der Waals surface area contributed by atoms with Gasteiger partial charge in [-0.05, 0) is 17.2 Å². The molecule has 12 heteroatoms. The number of halogens is 2. The van der Waals surface area contributed by atoms with E-state index in [1.54, 1.807) is 15.8 Å². The standard InChI is InChI=1S/C29H30F2N8O2/c1-37-17-23(15-36-37)22-4-2-21(3-5-22)14-32-27-13-25(34-20-35-27)26-16-33-28-12-24(6-7-39(26)28)41-11-9-38-8-10-40-19-29(30,31)18-38/h2-7,12-13,15-17,20H,8-11,14,18-19H2,1H3,(H,32,34,35). The van der Waals surface area contributed by atoms with Crippen molar-refractivity contribution in [1.82, 2.24) is 34.0 Å². The first-order chi connectivity index (χ1) is 19.9. The molecule has 0 unspecified atom stereocenters. The Morgan fingerprint density at radius 3 is 2.76 bits per heavy atom. The van der Waals surface area contributed by atoms with Crippen molar-refractivity contribution < 1.29 is 18.3 Å². The first kappa shape index (κ1) is 26.8. The van der Waals surface area contributed by atoms with E-state index in [0.29, 0.717) is 43.5 Å². The summed E-state index contributed by atoms with van der Waals surface area (Å²) < 4.78 is 42.1. The third-order valence-electron chi connectivity index (χ3n) is 6.88. The molecule has 1 aromatic carbocycles. The fraction of sp³-hybridized carbons (Fsp3) is 0.310. The Kier molecular flexibility index (Phi) is 7.57. The molecule has 0 aliphatic carbocycles. The van der Waals surface area contributed by atoms with Crippen molar-refractivity contribution in [2.24, 2.45) is 7.05 Å². The summed E-state index contributed by atoms with van der Waals surface area (Å²) in [4.78, 5) is 15.0.